The van der Waals surface area contributed by atoms with E-state index in [9.17, 15) is 0 Å². The van der Waals surface area contributed by atoms with Crippen LogP contribution in [0.1, 0.15) is 18.5 Å². The molecule has 1 saturated carbocycles. The van der Waals surface area contributed by atoms with Crippen molar-refractivity contribution in [2.75, 3.05) is 0 Å². The van der Waals surface area contributed by atoms with Crippen LogP contribution in [0.5, 0.6) is 0 Å². The van der Waals surface area contributed by atoms with Crippen molar-refractivity contribution in [1.82, 2.24) is 19.5 Å². The fraction of sp³-hybridized carbons (Fsp3) is 0.312. The van der Waals surface area contributed by atoms with E-state index in [0.717, 1.165) is 40.4 Å². The average Bonchev–Trinajstić information content (AvgIpc) is 3.19. The van der Waals surface area contributed by atoms with Crippen LogP contribution in [0.15, 0.2) is 36.9 Å². The Labute approximate surface area is 117 Å². The first kappa shape index (κ1) is 11.6. The number of pyridine rings is 2. The third-order valence-corrected chi connectivity index (χ3v) is 3.86. The molecule has 1 aliphatic rings. The lowest BCUT2D eigenvalue weighted by molar-refractivity contribution is 0.642. The monoisotopic (exact) mass is 264 g/mol. The van der Waals surface area contributed by atoms with Crippen molar-refractivity contribution in [3.63, 3.8) is 0 Å². The quantitative estimate of drug-likeness (QED) is 0.729. The van der Waals surface area contributed by atoms with Crippen LogP contribution in [0.4, 0.5) is 0 Å². The van der Waals surface area contributed by atoms with Gasteiger partial charge in [-0.3, -0.25) is 4.98 Å². The van der Waals surface area contributed by atoms with E-state index in [1.165, 1.54) is 12.8 Å². The highest BCUT2D eigenvalue weighted by molar-refractivity contribution is 5.78. The summed E-state index contributed by atoms with van der Waals surface area (Å²) >= 11 is 0. The Balaban J connectivity index is 1.80. The maximum atomic E-state index is 4.48. The van der Waals surface area contributed by atoms with Crippen molar-refractivity contribution in [1.29, 1.82) is 0 Å². The van der Waals surface area contributed by atoms with E-state index in [-0.39, 0.29) is 0 Å². The minimum atomic E-state index is 0.833. The Morgan fingerprint density at radius 2 is 2.05 bits per heavy atom. The van der Waals surface area contributed by atoms with Gasteiger partial charge in [0, 0.05) is 30.2 Å². The zero-order valence-corrected chi connectivity index (χ0v) is 11.5. The topological polar surface area (TPSA) is 43.6 Å². The molecule has 1 aliphatic carbocycles. The molecule has 0 aliphatic heterocycles. The van der Waals surface area contributed by atoms with Crippen molar-refractivity contribution in [3.05, 3.63) is 42.6 Å². The summed E-state index contributed by atoms with van der Waals surface area (Å²) in [7, 11) is 0. The zero-order valence-electron chi connectivity index (χ0n) is 11.5. The number of nitrogens with zero attached hydrogens (tertiary/aromatic N) is 4. The van der Waals surface area contributed by atoms with Crippen LogP contribution in [0.25, 0.3) is 22.3 Å². The molecule has 0 saturated heterocycles. The van der Waals surface area contributed by atoms with Gasteiger partial charge in [-0.25, -0.2) is 9.97 Å². The third-order valence-electron chi connectivity index (χ3n) is 3.86. The molecule has 0 N–H and O–H groups in total. The van der Waals surface area contributed by atoms with Gasteiger partial charge in [0.2, 0.25) is 0 Å². The number of rotatable bonds is 3. The molecule has 0 radical (unpaired) electrons. The van der Waals surface area contributed by atoms with Crippen molar-refractivity contribution in [2.45, 2.75) is 26.3 Å². The molecule has 0 atom stereocenters. The Kier molecular flexibility index (Phi) is 2.55. The first-order valence-corrected chi connectivity index (χ1v) is 7.03. The van der Waals surface area contributed by atoms with Gasteiger partial charge in [-0.1, -0.05) is 0 Å². The van der Waals surface area contributed by atoms with Crippen LogP contribution < -0.4 is 0 Å². The average molecular weight is 264 g/mol. The number of aromatic nitrogens is 4. The maximum Gasteiger partial charge on any atom is 0.177 e. The second-order valence-corrected chi connectivity index (χ2v) is 5.59. The van der Waals surface area contributed by atoms with Crippen LogP contribution in [-0.2, 0) is 6.54 Å². The largest absolute Gasteiger partial charge is 0.329 e. The molecule has 1 fully saturated rings. The first-order valence-electron chi connectivity index (χ1n) is 7.03. The van der Waals surface area contributed by atoms with E-state index in [4.69, 9.17) is 0 Å². The summed E-state index contributed by atoms with van der Waals surface area (Å²) < 4.78 is 2.23. The number of fused-ring (bicyclic) bond motifs is 1. The predicted molar refractivity (Wildman–Crippen MR) is 78.2 cm³/mol. The third kappa shape index (κ3) is 2.07. The molecule has 3 heterocycles. The molecule has 4 rings (SSSR count). The first-order chi connectivity index (χ1) is 9.79. The molecular weight excluding hydrogens is 248 g/mol. The summed E-state index contributed by atoms with van der Waals surface area (Å²) in [6.45, 7) is 3.07. The molecule has 3 aromatic heterocycles. The van der Waals surface area contributed by atoms with Gasteiger partial charge in [-0.15, -0.1) is 0 Å². The van der Waals surface area contributed by atoms with Gasteiger partial charge >= 0.3 is 0 Å². The van der Waals surface area contributed by atoms with Crippen molar-refractivity contribution in [3.8, 4) is 11.1 Å². The summed E-state index contributed by atoms with van der Waals surface area (Å²) in [5.74, 6) is 0.833. The molecule has 0 amide bonds. The van der Waals surface area contributed by atoms with Crippen molar-refractivity contribution >= 4 is 11.2 Å². The lowest BCUT2D eigenvalue weighted by Crippen LogP contribution is -1.97. The Morgan fingerprint density at radius 1 is 1.15 bits per heavy atom. The van der Waals surface area contributed by atoms with E-state index in [2.05, 4.69) is 31.7 Å². The van der Waals surface area contributed by atoms with Gasteiger partial charge < -0.3 is 4.57 Å². The normalized spacial score (nSPS) is 14.8. The highest BCUT2D eigenvalue weighted by Gasteiger charge is 2.22. The molecule has 0 spiro atoms. The van der Waals surface area contributed by atoms with Crippen LogP contribution >= 0.6 is 0 Å². The van der Waals surface area contributed by atoms with E-state index < -0.39 is 0 Å². The smallest absolute Gasteiger partial charge is 0.177 e. The van der Waals surface area contributed by atoms with Crippen molar-refractivity contribution < 1.29 is 0 Å². The van der Waals surface area contributed by atoms with E-state index in [0.29, 0.717) is 0 Å². The molecule has 4 nitrogen and oxygen atoms in total. The summed E-state index contributed by atoms with van der Waals surface area (Å²) in [6.07, 6.45) is 8.34. The molecule has 0 aromatic carbocycles. The van der Waals surface area contributed by atoms with E-state index >= 15 is 0 Å². The van der Waals surface area contributed by atoms with Crippen LogP contribution in [0, 0.1) is 12.8 Å². The maximum absolute atomic E-state index is 4.48. The van der Waals surface area contributed by atoms with Gasteiger partial charge in [-0.05, 0) is 49.4 Å². The van der Waals surface area contributed by atoms with Gasteiger partial charge in [0.25, 0.3) is 0 Å². The number of hydrogen-bond donors (Lipinski definition) is 0. The molecule has 20 heavy (non-hydrogen) atoms. The fourth-order valence-corrected chi connectivity index (χ4v) is 2.55. The molecule has 0 bridgehead atoms. The lowest BCUT2D eigenvalue weighted by Gasteiger charge is -2.05. The summed E-state index contributed by atoms with van der Waals surface area (Å²) in [5, 5.41) is 0. The van der Waals surface area contributed by atoms with E-state index in [1.54, 1.807) is 0 Å². The number of imidazole rings is 1. The minimum absolute atomic E-state index is 0.833. The standard InChI is InChI=1S/C16H16N4/c1-11-6-13(4-5-17-11)14-7-15-16(18-8-14)19-10-20(15)9-12-2-3-12/h4-8,10,12H,2-3,9H2,1H3. The molecule has 4 heteroatoms. The van der Waals surface area contributed by atoms with Crippen LogP contribution in [0.2, 0.25) is 0 Å². The van der Waals surface area contributed by atoms with E-state index in [1.807, 2.05) is 31.7 Å². The van der Waals surface area contributed by atoms with Crippen LogP contribution in [0.3, 0.4) is 0 Å². The van der Waals surface area contributed by atoms with Gasteiger partial charge in [0.15, 0.2) is 5.65 Å². The minimum Gasteiger partial charge on any atom is -0.329 e. The summed E-state index contributed by atoms with van der Waals surface area (Å²) in [6, 6.07) is 6.30. The SMILES string of the molecule is Cc1cc(-c2cnc3ncn(CC4CC4)c3c2)ccn1. The van der Waals surface area contributed by atoms with Gasteiger partial charge in [0.1, 0.15) is 0 Å². The second kappa shape index (κ2) is 4.40. The lowest BCUT2D eigenvalue weighted by atomic mass is 10.1. The Morgan fingerprint density at radius 3 is 2.85 bits per heavy atom. The number of aryl methyl sites for hydroxylation is 1. The van der Waals surface area contributed by atoms with Crippen molar-refractivity contribution in [2.24, 2.45) is 5.92 Å². The number of hydrogen-bond acceptors (Lipinski definition) is 3. The summed E-state index contributed by atoms with van der Waals surface area (Å²) in [4.78, 5) is 13.1. The molecular formula is C16H16N4. The highest BCUT2D eigenvalue weighted by atomic mass is 15.1. The fourth-order valence-electron chi connectivity index (χ4n) is 2.55. The Hall–Kier alpha value is -2.23. The zero-order chi connectivity index (χ0) is 13.5. The highest BCUT2D eigenvalue weighted by Crippen LogP contribution is 2.32. The summed E-state index contributed by atoms with van der Waals surface area (Å²) in [5.41, 5.74) is 5.27. The predicted octanol–water partition coefficient (Wildman–Crippen LogP) is 3.21. The second-order valence-electron chi connectivity index (χ2n) is 5.59. The molecule has 3 aromatic rings. The van der Waals surface area contributed by atoms with Crippen LogP contribution in [-0.4, -0.2) is 19.5 Å². The molecule has 100 valence electrons. The molecule has 0 unspecified atom stereocenters. The Bertz CT molecular complexity index is 771. The van der Waals surface area contributed by atoms with Gasteiger partial charge in [0.05, 0.1) is 11.8 Å². The van der Waals surface area contributed by atoms with Gasteiger partial charge in [-0.2, -0.15) is 0 Å².